The van der Waals surface area contributed by atoms with Gasteiger partial charge in [-0.2, -0.15) is 11.8 Å². The number of para-hydroxylation sites is 1. The summed E-state index contributed by atoms with van der Waals surface area (Å²) in [5, 5.41) is 2.95. The molecule has 1 saturated heterocycles. The average Bonchev–Trinajstić information content (AvgIpc) is 2.43. The van der Waals surface area contributed by atoms with Gasteiger partial charge >= 0.3 is 0 Å². The molecule has 102 valence electrons. The fourth-order valence-corrected chi connectivity index (χ4v) is 3.23. The highest BCUT2D eigenvalue weighted by Gasteiger charge is 2.20. The van der Waals surface area contributed by atoms with Crippen LogP contribution in [0.2, 0.25) is 0 Å². The molecule has 1 N–H and O–H groups in total. The molecule has 1 aromatic carbocycles. The van der Waals surface area contributed by atoms with Crippen LogP contribution in [0.15, 0.2) is 18.2 Å². The number of nitrogens with one attached hydrogen (secondary N) is 1. The van der Waals surface area contributed by atoms with Crippen molar-refractivity contribution in [2.75, 3.05) is 29.9 Å². The Kier molecular flexibility index (Phi) is 4.82. The van der Waals surface area contributed by atoms with Crippen LogP contribution in [-0.4, -0.2) is 40.4 Å². The molecule has 5 heteroatoms. The Hall–Kier alpha value is -1.07. The molecule has 0 atom stereocenters. The maximum absolute atomic E-state index is 12.2. The van der Waals surface area contributed by atoms with Gasteiger partial charge in [0.05, 0.1) is 0 Å². The first kappa shape index (κ1) is 14.3. The van der Waals surface area contributed by atoms with Crippen LogP contribution in [0.1, 0.15) is 11.1 Å². The fraction of sp³-hybridized carbons (Fsp3) is 0.429. The van der Waals surface area contributed by atoms with Crippen molar-refractivity contribution in [3.05, 3.63) is 29.3 Å². The predicted octanol–water partition coefficient (Wildman–Crippen LogP) is 2.62. The number of benzene rings is 1. The molecule has 1 aliphatic heterocycles. The van der Waals surface area contributed by atoms with E-state index >= 15 is 0 Å². The van der Waals surface area contributed by atoms with Crippen LogP contribution in [0.5, 0.6) is 0 Å². The highest BCUT2D eigenvalue weighted by molar-refractivity contribution is 7.99. The average molecular weight is 294 g/mol. The van der Waals surface area contributed by atoms with Gasteiger partial charge in [-0.3, -0.25) is 4.79 Å². The third-order valence-electron chi connectivity index (χ3n) is 3.21. The summed E-state index contributed by atoms with van der Waals surface area (Å²) in [6.45, 7) is 5.71. The van der Waals surface area contributed by atoms with Gasteiger partial charge in [-0.1, -0.05) is 30.4 Å². The molecule has 19 heavy (non-hydrogen) atoms. The quantitative estimate of drug-likeness (QED) is 0.807. The molecule has 2 rings (SSSR count). The largest absolute Gasteiger partial charge is 0.357 e. The van der Waals surface area contributed by atoms with E-state index in [0.717, 1.165) is 41.4 Å². The van der Waals surface area contributed by atoms with Gasteiger partial charge in [0.25, 0.3) is 5.91 Å². The lowest BCUT2D eigenvalue weighted by Crippen LogP contribution is -2.43. The number of hydrogen-bond acceptors (Lipinski definition) is 3. The summed E-state index contributed by atoms with van der Waals surface area (Å²) in [6.07, 6.45) is 0. The smallest absolute Gasteiger partial charge is 0.283 e. The normalized spacial score (nSPS) is 15.2. The first-order chi connectivity index (χ1) is 9.09. The minimum atomic E-state index is -0.167. The summed E-state index contributed by atoms with van der Waals surface area (Å²) in [4.78, 5) is 14.6. The lowest BCUT2D eigenvalue weighted by atomic mass is 10.1. The van der Waals surface area contributed by atoms with E-state index in [9.17, 15) is 4.79 Å². The van der Waals surface area contributed by atoms with Gasteiger partial charge < -0.3 is 10.2 Å². The maximum Gasteiger partial charge on any atom is 0.283 e. The molecule has 3 nitrogen and oxygen atoms in total. The van der Waals surface area contributed by atoms with Gasteiger partial charge in [0, 0.05) is 30.3 Å². The summed E-state index contributed by atoms with van der Waals surface area (Å²) in [7, 11) is 0. The number of rotatable bonds is 1. The van der Waals surface area contributed by atoms with E-state index in [1.54, 1.807) is 0 Å². The second-order valence-corrected chi connectivity index (χ2v) is 6.24. The van der Waals surface area contributed by atoms with E-state index in [2.05, 4.69) is 5.32 Å². The summed E-state index contributed by atoms with van der Waals surface area (Å²) in [6, 6.07) is 5.97. The Balaban J connectivity index is 2.06. The number of thioether (sulfide) groups is 1. The number of carbonyl (C=O) groups is 1. The molecule has 0 aromatic heterocycles. The van der Waals surface area contributed by atoms with Crippen molar-refractivity contribution in [1.82, 2.24) is 4.90 Å². The third-order valence-corrected chi connectivity index (χ3v) is 4.60. The maximum atomic E-state index is 12.2. The number of aryl methyl sites for hydroxylation is 2. The van der Waals surface area contributed by atoms with E-state index < -0.39 is 0 Å². The number of carbonyl (C=O) groups excluding carboxylic acids is 1. The Morgan fingerprint density at radius 3 is 2.42 bits per heavy atom. The minimum absolute atomic E-state index is 0.167. The zero-order valence-corrected chi connectivity index (χ0v) is 12.9. The van der Waals surface area contributed by atoms with Crippen molar-refractivity contribution in [2.24, 2.45) is 0 Å². The molecular formula is C14H18N2OS2. The molecule has 1 amide bonds. The van der Waals surface area contributed by atoms with Crippen LogP contribution in [0.25, 0.3) is 0 Å². The van der Waals surface area contributed by atoms with E-state index in [0.29, 0.717) is 4.99 Å². The Morgan fingerprint density at radius 1 is 1.26 bits per heavy atom. The molecule has 0 aliphatic carbocycles. The first-order valence-electron chi connectivity index (χ1n) is 6.34. The lowest BCUT2D eigenvalue weighted by molar-refractivity contribution is -0.110. The molecule has 0 bridgehead atoms. The second-order valence-electron chi connectivity index (χ2n) is 4.63. The number of thiocarbonyl (C=S) groups is 1. The van der Waals surface area contributed by atoms with E-state index in [4.69, 9.17) is 12.2 Å². The van der Waals surface area contributed by atoms with E-state index in [-0.39, 0.29) is 5.91 Å². The van der Waals surface area contributed by atoms with Crippen LogP contribution in [0.4, 0.5) is 5.69 Å². The zero-order chi connectivity index (χ0) is 13.8. The zero-order valence-electron chi connectivity index (χ0n) is 11.2. The topological polar surface area (TPSA) is 32.3 Å². The first-order valence-corrected chi connectivity index (χ1v) is 7.90. The molecular weight excluding hydrogens is 276 g/mol. The highest BCUT2D eigenvalue weighted by Crippen LogP contribution is 2.20. The van der Waals surface area contributed by atoms with Crippen LogP contribution < -0.4 is 5.32 Å². The van der Waals surface area contributed by atoms with Crippen molar-refractivity contribution in [2.45, 2.75) is 13.8 Å². The molecule has 1 aliphatic rings. The molecule has 0 saturated carbocycles. The summed E-state index contributed by atoms with van der Waals surface area (Å²) < 4.78 is 0. The highest BCUT2D eigenvalue weighted by atomic mass is 32.2. The molecule has 1 aromatic rings. The van der Waals surface area contributed by atoms with Gasteiger partial charge in [0.15, 0.2) is 4.99 Å². The van der Waals surface area contributed by atoms with Crippen molar-refractivity contribution < 1.29 is 4.79 Å². The molecule has 0 spiro atoms. The second kappa shape index (κ2) is 6.39. The van der Waals surface area contributed by atoms with E-state index in [1.807, 2.05) is 48.7 Å². The van der Waals surface area contributed by atoms with Gasteiger partial charge in [-0.15, -0.1) is 0 Å². The number of hydrogen-bond donors (Lipinski definition) is 1. The molecule has 0 unspecified atom stereocenters. The van der Waals surface area contributed by atoms with Crippen molar-refractivity contribution >= 4 is 40.6 Å². The Bertz CT molecular complexity index is 476. The number of anilines is 1. The molecule has 1 heterocycles. The standard InChI is InChI=1S/C14H18N2OS2/c1-10-4-3-5-11(2)12(10)15-13(17)14(18)16-6-8-19-9-7-16/h3-5H,6-9H2,1-2H3,(H,15,17). The van der Waals surface area contributed by atoms with Crippen LogP contribution >= 0.6 is 24.0 Å². The summed E-state index contributed by atoms with van der Waals surface area (Å²) in [5.41, 5.74) is 3.00. The Labute approximate surface area is 123 Å². The van der Waals surface area contributed by atoms with Gasteiger partial charge in [-0.05, 0) is 25.0 Å². The van der Waals surface area contributed by atoms with Crippen LogP contribution in [-0.2, 0) is 4.79 Å². The predicted molar refractivity (Wildman–Crippen MR) is 86.0 cm³/mol. The summed E-state index contributed by atoms with van der Waals surface area (Å²) in [5.74, 6) is 1.91. The third kappa shape index (κ3) is 3.48. The lowest BCUT2D eigenvalue weighted by Gasteiger charge is -2.28. The van der Waals surface area contributed by atoms with Gasteiger partial charge in [0.1, 0.15) is 0 Å². The monoisotopic (exact) mass is 294 g/mol. The molecule has 0 radical (unpaired) electrons. The Morgan fingerprint density at radius 2 is 1.84 bits per heavy atom. The molecule has 1 fully saturated rings. The number of amides is 1. The van der Waals surface area contributed by atoms with Crippen molar-refractivity contribution in [1.29, 1.82) is 0 Å². The van der Waals surface area contributed by atoms with Gasteiger partial charge in [0.2, 0.25) is 0 Å². The SMILES string of the molecule is Cc1cccc(C)c1NC(=O)C(=S)N1CCSCC1. The van der Waals surface area contributed by atoms with Crippen LogP contribution in [0.3, 0.4) is 0 Å². The van der Waals surface area contributed by atoms with E-state index in [1.165, 1.54) is 0 Å². The van der Waals surface area contributed by atoms with Crippen LogP contribution in [0, 0.1) is 13.8 Å². The van der Waals surface area contributed by atoms with Gasteiger partial charge in [-0.25, -0.2) is 0 Å². The van der Waals surface area contributed by atoms with Crippen molar-refractivity contribution in [3.8, 4) is 0 Å². The fourth-order valence-electron chi connectivity index (χ4n) is 2.09. The number of nitrogens with zero attached hydrogens (tertiary/aromatic N) is 1. The van der Waals surface area contributed by atoms with Crippen molar-refractivity contribution in [3.63, 3.8) is 0 Å². The minimum Gasteiger partial charge on any atom is -0.357 e. The summed E-state index contributed by atoms with van der Waals surface area (Å²) >= 11 is 7.19.